The van der Waals surface area contributed by atoms with Gasteiger partial charge in [-0.15, -0.1) is 0 Å². The van der Waals surface area contributed by atoms with E-state index in [9.17, 15) is 4.79 Å². The molecular formula is C3H7ClOSi. The van der Waals surface area contributed by atoms with Crippen molar-refractivity contribution in [2.75, 3.05) is 0 Å². The first-order valence-electron chi connectivity index (χ1n) is 1.09. The summed E-state index contributed by atoms with van der Waals surface area (Å²) in [5.41, 5.74) is 0. The van der Waals surface area contributed by atoms with Gasteiger partial charge in [-0.25, -0.2) is 0 Å². The van der Waals surface area contributed by atoms with E-state index in [0.29, 0.717) is 0 Å². The van der Waals surface area contributed by atoms with Crippen LogP contribution in [0, 0.1) is 0 Å². The van der Waals surface area contributed by atoms with E-state index in [1.54, 1.807) is 0 Å². The largest absolute Gasteiger partial charge is 0.276 e. The van der Waals surface area contributed by atoms with Crippen LogP contribution in [0.5, 0.6) is 0 Å². The predicted molar refractivity (Wildman–Crippen MR) is 32.4 cm³/mol. The molecule has 0 aromatic rings. The maximum Gasteiger partial charge on any atom is 0.244 e. The van der Waals surface area contributed by atoms with Crippen LogP contribution in [0.4, 0.5) is 0 Å². The summed E-state index contributed by atoms with van der Waals surface area (Å²) in [5.74, 6) is 0. The first kappa shape index (κ1) is 9.32. The van der Waals surface area contributed by atoms with Crippen LogP contribution in [0.1, 0.15) is 0 Å². The van der Waals surface area contributed by atoms with E-state index in [2.05, 4.69) is 6.58 Å². The summed E-state index contributed by atoms with van der Waals surface area (Å²) in [6.45, 7) is 3.08. The normalized spacial score (nSPS) is 5.50. The Kier molecular flexibility index (Phi) is 7.64. The molecule has 0 aliphatic carbocycles. The lowest BCUT2D eigenvalue weighted by Crippen LogP contribution is -1.67. The smallest absolute Gasteiger partial charge is 0.244 e. The molecule has 0 aliphatic rings. The molecule has 0 amide bonds. The number of hydrogen-bond donors (Lipinski definition) is 0. The monoisotopic (exact) mass is 122 g/mol. The highest BCUT2D eigenvalue weighted by Crippen LogP contribution is 1.74. The Hall–Kier alpha value is -0.0831. The number of allylic oxidation sites excluding steroid dienone is 1. The molecule has 0 heterocycles. The van der Waals surface area contributed by atoms with Crippen molar-refractivity contribution in [2.45, 2.75) is 0 Å². The van der Waals surface area contributed by atoms with Crippen molar-refractivity contribution in [3.05, 3.63) is 12.7 Å². The van der Waals surface area contributed by atoms with Crippen LogP contribution in [-0.2, 0) is 4.79 Å². The van der Waals surface area contributed by atoms with Crippen molar-refractivity contribution in [2.24, 2.45) is 0 Å². The first-order valence-corrected chi connectivity index (χ1v) is 1.47. The van der Waals surface area contributed by atoms with Crippen LogP contribution in [0.3, 0.4) is 0 Å². The van der Waals surface area contributed by atoms with Gasteiger partial charge in [-0.05, 0) is 28.6 Å². The lowest BCUT2D eigenvalue weighted by atomic mass is 10.7. The molecule has 36 valence electrons. The van der Waals surface area contributed by atoms with E-state index in [1.807, 2.05) is 0 Å². The van der Waals surface area contributed by atoms with Gasteiger partial charge in [-0.1, -0.05) is 6.58 Å². The second-order valence-electron chi connectivity index (χ2n) is 0.508. The molecule has 0 atom stereocenters. The van der Waals surface area contributed by atoms with E-state index in [1.165, 1.54) is 0 Å². The fraction of sp³-hybridized carbons (Fsp3) is 0. The summed E-state index contributed by atoms with van der Waals surface area (Å²) in [7, 11) is 0. The van der Waals surface area contributed by atoms with Crippen molar-refractivity contribution >= 4 is 27.8 Å². The highest BCUT2D eigenvalue weighted by atomic mass is 35.5. The Balaban J connectivity index is 0. The Morgan fingerprint density at radius 2 is 2.00 bits per heavy atom. The van der Waals surface area contributed by atoms with Gasteiger partial charge in [0.1, 0.15) is 0 Å². The van der Waals surface area contributed by atoms with E-state index in [-0.39, 0.29) is 11.0 Å². The molecule has 0 aromatic carbocycles. The average molecular weight is 123 g/mol. The highest BCUT2D eigenvalue weighted by molar-refractivity contribution is 6.66. The van der Waals surface area contributed by atoms with Gasteiger partial charge in [0, 0.05) is 0 Å². The predicted octanol–water partition coefficient (Wildman–Crippen LogP) is -0.514. The van der Waals surface area contributed by atoms with Gasteiger partial charge in [0.15, 0.2) is 0 Å². The summed E-state index contributed by atoms with van der Waals surface area (Å²) in [6, 6.07) is 0. The second-order valence-corrected chi connectivity index (χ2v) is 0.881. The van der Waals surface area contributed by atoms with Crippen LogP contribution >= 0.6 is 11.6 Å². The van der Waals surface area contributed by atoms with Gasteiger partial charge in [0.2, 0.25) is 5.24 Å². The van der Waals surface area contributed by atoms with Crippen molar-refractivity contribution in [3.8, 4) is 0 Å². The van der Waals surface area contributed by atoms with Crippen molar-refractivity contribution in [1.29, 1.82) is 0 Å². The third kappa shape index (κ3) is 9.07. The fourth-order valence-electron chi connectivity index (χ4n) is 0. The van der Waals surface area contributed by atoms with Gasteiger partial charge < -0.3 is 0 Å². The molecule has 3 heteroatoms. The molecule has 6 heavy (non-hydrogen) atoms. The zero-order valence-corrected chi connectivity index (χ0v) is 3.33. The molecule has 0 saturated heterocycles. The number of carbonyl (C=O) groups excluding carboxylic acids is 1. The molecule has 0 aromatic heterocycles. The lowest BCUT2D eigenvalue weighted by molar-refractivity contribution is -0.107. The minimum absolute atomic E-state index is 0. The number of hydrogen-bond acceptors (Lipinski definition) is 1. The zero-order valence-electron chi connectivity index (χ0n) is 2.57. The third-order valence-corrected chi connectivity index (χ3v) is 0.315. The molecule has 0 rings (SSSR count). The Bertz CT molecular complexity index is 61.8. The van der Waals surface area contributed by atoms with Crippen LogP contribution in [-0.4, -0.2) is 16.2 Å². The molecule has 0 N–H and O–H groups in total. The van der Waals surface area contributed by atoms with Crippen molar-refractivity contribution in [3.63, 3.8) is 0 Å². The molecule has 0 fully saturated rings. The summed E-state index contributed by atoms with van der Waals surface area (Å²) in [6.07, 6.45) is 1.04. The summed E-state index contributed by atoms with van der Waals surface area (Å²) in [5, 5.41) is -0.509. The minimum atomic E-state index is -0.509. The van der Waals surface area contributed by atoms with E-state index >= 15 is 0 Å². The maximum atomic E-state index is 9.46. The Morgan fingerprint density at radius 3 is 2.00 bits per heavy atom. The van der Waals surface area contributed by atoms with Gasteiger partial charge >= 0.3 is 0 Å². The lowest BCUT2D eigenvalue weighted by Gasteiger charge is -1.59. The van der Waals surface area contributed by atoms with Crippen LogP contribution in [0.25, 0.3) is 0 Å². The third-order valence-electron chi connectivity index (χ3n) is 0.160. The van der Waals surface area contributed by atoms with Gasteiger partial charge in [-0.3, -0.25) is 4.79 Å². The summed E-state index contributed by atoms with van der Waals surface area (Å²) < 4.78 is 0. The van der Waals surface area contributed by atoms with Gasteiger partial charge in [0.25, 0.3) is 0 Å². The summed E-state index contributed by atoms with van der Waals surface area (Å²) >= 11 is 4.71. The number of halogens is 1. The topological polar surface area (TPSA) is 17.1 Å². The van der Waals surface area contributed by atoms with Gasteiger partial charge in [0.05, 0.1) is 0 Å². The first-order chi connectivity index (χ1) is 2.27. The minimum Gasteiger partial charge on any atom is -0.276 e. The van der Waals surface area contributed by atoms with Crippen LogP contribution in [0.15, 0.2) is 12.7 Å². The van der Waals surface area contributed by atoms with E-state index in [4.69, 9.17) is 11.6 Å². The quantitative estimate of drug-likeness (QED) is 0.260. The van der Waals surface area contributed by atoms with Crippen molar-refractivity contribution in [1.82, 2.24) is 0 Å². The van der Waals surface area contributed by atoms with Crippen LogP contribution < -0.4 is 0 Å². The van der Waals surface area contributed by atoms with E-state index in [0.717, 1.165) is 6.08 Å². The van der Waals surface area contributed by atoms with Gasteiger partial charge in [-0.2, -0.15) is 0 Å². The molecule has 1 nitrogen and oxygen atoms in total. The molecule has 0 unspecified atom stereocenters. The molecule has 0 saturated carbocycles. The van der Waals surface area contributed by atoms with Crippen LogP contribution in [0.2, 0.25) is 0 Å². The highest BCUT2D eigenvalue weighted by Gasteiger charge is 1.74. The molecular weight excluding hydrogens is 116 g/mol. The standard InChI is InChI=1S/C3H3ClO.H4Si/c1-2-3(4)5;/h2H,1H2;1H4. The SMILES string of the molecule is C=CC(=O)Cl.[SiH4]. The average Bonchev–Trinajstić information content (AvgIpc) is 1.38. The number of rotatable bonds is 1. The molecule has 0 aliphatic heterocycles. The van der Waals surface area contributed by atoms with E-state index < -0.39 is 5.24 Å². The Morgan fingerprint density at radius 1 is 1.83 bits per heavy atom. The summed E-state index contributed by atoms with van der Waals surface area (Å²) in [4.78, 5) is 9.46. The van der Waals surface area contributed by atoms with Crippen molar-refractivity contribution < 1.29 is 4.79 Å². The zero-order chi connectivity index (χ0) is 4.28. The molecule has 0 spiro atoms. The Labute approximate surface area is 46.0 Å². The number of carbonyl (C=O) groups is 1. The molecule has 0 bridgehead atoms. The maximum absolute atomic E-state index is 9.46. The second kappa shape index (κ2) is 4.92. The fourth-order valence-corrected chi connectivity index (χ4v) is 0. The molecule has 0 radical (unpaired) electrons.